The smallest absolute Gasteiger partial charge is 0.186 e. The first-order chi connectivity index (χ1) is 11.2. The van der Waals surface area contributed by atoms with Gasteiger partial charge in [0.25, 0.3) is 0 Å². The molecule has 0 saturated heterocycles. The molecule has 23 heavy (non-hydrogen) atoms. The second-order valence-corrected chi connectivity index (χ2v) is 5.70. The first kappa shape index (κ1) is 16.9. The number of nitrogens with two attached hydrogens (primary N) is 2. The summed E-state index contributed by atoms with van der Waals surface area (Å²) in [6.07, 6.45) is 13.5. The number of nitrogens with zero attached hydrogens (tertiary/aromatic N) is 3. The average Bonchev–Trinajstić information content (AvgIpc) is 2.56. The van der Waals surface area contributed by atoms with Crippen LogP contribution in [-0.2, 0) is 12.8 Å². The second kappa shape index (κ2) is 9.56. The highest BCUT2D eigenvalue weighted by molar-refractivity contribution is 5.75. The van der Waals surface area contributed by atoms with Gasteiger partial charge in [0.05, 0.1) is 6.04 Å². The number of hydrogen-bond acceptors (Lipinski definition) is 3. The minimum Gasteiger partial charge on any atom is -0.370 e. The molecular weight excluding hydrogens is 286 g/mol. The molecule has 2 aromatic rings. The quantitative estimate of drug-likeness (QED) is 0.550. The molecule has 4 N–H and O–H groups in total. The van der Waals surface area contributed by atoms with Gasteiger partial charge in [-0.05, 0) is 73.9 Å². The first-order valence-corrected chi connectivity index (χ1v) is 8.10. The molecule has 0 aromatic carbocycles. The van der Waals surface area contributed by atoms with Crippen molar-refractivity contribution in [1.29, 1.82) is 0 Å². The standard InChI is InChI=1S/C18H25N5/c19-18(20)23-17(5-1-3-15-7-11-21-12-8-15)6-2-4-16-9-13-22-14-10-16/h7-14,17H,1-6H2,(H4,19,20,23). The van der Waals surface area contributed by atoms with Gasteiger partial charge < -0.3 is 11.5 Å². The highest BCUT2D eigenvalue weighted by Gasteiger charge is 2.08. The van der Waals surface area contributed by atoms with Gasteiger partial charge in [-0.25, -0.2) is 0 Å². The van der Waals surface area contributed by atoms with Gasteiger partial charge in [0.2, 0.25) is 0 Å². The summed E-state index contributed by atoms with van der Waals surface area (Å²) in [4.78, 5) is 12.5. The normalized spacial score (nSPS) is 10.7. The van der Waals surface area contributed by atoms with Gasteiger partial charge in [-0.2, -0.15) is 0 Å². The molecule has 0 saturated carbocycles. The minimum absolute atomic E-state index is 0.183. The van der Waals surface area contributed by atoms with E-state index in [1.54, 1.807) is 0 Å². The number of pyridine rings is 2. The predicted molar refractivity (Wildman–Crippen MR) is 93.9 cm³/mol. The Bertz CT molecular complexity index is 533. The summed E-state index contributed by atoms with van der Waals surface area (Å²) >= 11 is 0. The van der Waals surface area contributed by atoms with Gasteiger partial charge in [0, 0.05) is 24.8 Å². The van der Waals surface area contributed by atoms with Crippen molar-refractivity contribution in [3.63, 3.8) is 0 Å². The van der Waals surface area contributed by atoms with Gasteiger partial charge in [-0.15, -0.1) is 0 Å². The zero-order chi connectivity index (χ0) is 16.3. The Labute approximate surface area is 137 Å². The van der Waals surface area contributed by atoms with Crippen LogP contribution in [0.25, 0.3) is 0 Å². The van der Waals surface area contributed by atoms with Crippen molar-refractivity contribution >= 4 is 5.96 Å². The van der Waals surface area contributed by atoms with E-state index < -0.39 is 0 Å². The van der Waals surface area contributed by atoms with Gasteiger partial charge >= 0.3 is 0 Å². The predicted octanol–water partition coefficient (Wildman–Crippen LogP) is 2.46. The number of aromatic nitrogens is 2. The summed E-state index contributed by atoms with van der Waals surface area (Å²) in [5.74, 6) is 0.183. The Balaban J connectivity index is 1.76. The molecule has 0 spiro atoms. The summed E-state index contributed by atoms with van der Waals surface area (Å²) < 4.78 is 0. The fourth-order valence-corrected chi connectivity index (χ4v) is 2.67. The molecule has 2 rings (SSSR count). The fourth-order valence-electron chi connectivity index (χ4n) is 2.67. The van der Waals surface area contributed by atoms with E-state index in [-0.39, 0.29) is 12.0 Å². The SMILES string of the molecule is NC(N)=NC(CCCc1ccncc1)CCCc1ccncc1. The summed E-state index contributed by atoms with van der Waals surface area (Å²) in [5, 5.41) is 0. The number of aryl methyl sites for hydroxylation is 2. The molecule has 0 fully saturated rings. The van der Waals surface area contributed by atoms with Gasteiger partial charge in [-0.3, -0.25) is 15.0 Å². The number of rotatable bonds is 9. The van der Waals surface area contributed by atoms with E-state index in [0.29, 0.717) is 0 Å². The molecule has 0 amide bonds. The van der Waals surface area contributed by atoms with E-state index >= 15 is 0 Å². The van der Waals surface area contributed by atoms with Crippen LogP contribution in [0.15, 0.2) is 54.0 Å². The topological polar surface area (TPSA) is 90.2 Å². The van der Waals surface area contributed by atoms with Crippen LogP contribution in [0.3, 0.4) is 0 Å². The average molecular weight is 311 g/mol. The van der Waals surface area contributed by atoms with E-state index in [1.807, 2.05) is 24.8 Å². The zero-order valence-corrected chi connectivity index (χ0v) is 13.4. The largest absolute Gasteiger partial charge is 0.370 e. The molecule has 0 bridgehead atoms. The van der Waals surface area contributed by atoms with Crippen molar-refractivity contribution in [2.75, 3.05) is 0 Å². The van der Waals surface area contributed by atoms with E-state index in [9.17, 15) is 0 Å². The Morgan fingerprint density at radius 2 is 1.26 bits per heavy atom. The molecule has 122 valence electrons. The third-order valence-corrected chi connectivity index (χ3v) is 3.84. The maximum atomic E-state index is 5.57. The Morgan fingerprint density at radius 1 is 0.826 bits per heavy atom. The van der Waals surface area contributed by atoms with Gasteiger partial charge in [-0.1, -0.05) is 0 Å². The maximum absolute atomic E-state index is 5.57. The molecule has 0 atom stereocenters. The van der Waals surface area contributed by atoms with Gasteiger partial charge in [0.1, 0.15) is 0 Å². The third kappa shape index (κ3) is 6.91. The van der Waals surface area contributed by atoms with Crippen LogP contribution in [0.1, 0.15) is 36.8 Å². The van der Waals surface area contributed by atoms with Crippen molar-refractivity contribution in [1.82, 2.24) is 9.97 Å². The molecule has 2 heterocycles. The van der Waals surface area contributed by atoms with Crippen LogP contribution in [-0.4, -0.2) is 22.0 Å². The van der Waals surface area contributed by atoms with Crippen LogP contribution in [0.2, 0.25) is 0 Å². The van der Waals surface area contributed by atoms with Crippen LogP contribution in [0, 0.1) is 0 Å². The third-order valence-electron chi connectivity index (χ3n) is 3.84. The summed E-state index contributed by atoms with van der Waals surface area (Å²) in [6, 6.07) is 8.42. The van der Waals surface area contributed by atoms with Crippen molar-refractivity contribution < 1.29 is 0 Å². The van der Waals surface area contributed by atoms with E-state index in [1.165, 1.54) is 11.1 Å². The zero-order valence-electron chi connectivity index (χ0n) is 13.4. The number of aliphatic imine (C=N–C) groups is 1. The molecule has 5 heteroatoms. The van der Waals surface area contributed by atoms with Crippen LogP contribution in [0.4, 0.5) is 0 Å². The monoisotopic (exact) mass is 311 g/mol. The summed E-state index contributed by atoms with van der Waals surface area (Å²) in [5.41, 5.74) is 13.8. The molecule has 2 aromatic heterocycles. The van der Waals surface area contributed by atoms with Crippen molar-refractivity contribution in [2.24, 2.45) is 16.5 Å². The fraction of sp³-hybridized carbons (Fsp3) is 0.389. The molecule has 0 aliphatic rings. The lowest BCUT2D eigenvalue weighted by Crippen LogP contribution is -2.25. The summed E-state index contributed by atoms with van der Waals surface area (Å²) in [6.45, 7) is 0. The molecule has 0 radical (unpaired) electrons. The second-order valence-electron chi connectivity index (χ2n) is 5.70. The Kier molecular flexibility index (Phi) is 7.04. The highest BCUT2D eigenvalue weighted by atomic mass is 15.0. The maximum Gasteiger partial charge on any atom is 0.186 e. The molecule has 5 nitrogen and oxygen atoms in total. The van der Waals surface area contributed by atoms with E-state index in [0.717, 1.165) is 38.5 Å². The first-order valence-electron chi connectivity index (χ1n) is 8.10. The van der Waals surface area contributed by atoms with Crippen molar-refractivity contribution in [2.45, 2.75) is 44.6 Å². The Hall–Kier alpha value is -2.43. The lowest BCUT2D eigenvalue weighted by atomic mass is 10.00. The molecule has 0 aliphatic heterocycles. The Morgan fingerprint density at radius 3 is 1.65 bits per heavy atom. The van der Waals surface area contributed by atoms with E-state index in [2.05, 4.69) is 39.2 Å². The molecule has 0 aliphatic carbocycles. The molecule has 0 unspecified atom stereocenters. The molecular formula is C18H25N5. The van der Waals surface area contributed by atoms with Gasteiger partial charge in [0.15, 0.2) is 5.96 Å². The minimum atomic E-state index is 0.183. The number of guanidine groups is 1. The summed E-state index contributed by atoms with van der Waals surface area (Å²) in [7, 11) is 0. The van der Waals surface area contributed by atoms with Crippen LogP contribution >= 0.6 is 0 Å². The lowest BCUT2D eigenvalue weighted by Gasteiger charge is -2.13. The highest BCUT2D eigenvalue weighted by Crippen LogP contribution is 2.14. The van der Waals surface area contributed by atoms with Crippen LogP contribution < -0.4 is 11.5 Å². The number of hydrogen-bond donors (Lipinski definition) is 2. The van der Waals surface area contributed by atoms with Crippen molar-refractivity contribution in [3.8, 4) is 0 Å². The van der Waals surface area contributed by atoms with E-state index in [4.69, 9.17) is 11.5 Å². The van der Waals surface area contributed by atoms with Crippen LogP contribution in [0.5, 0.6) is 0 Å². The lowest BCUT2D eigenvalue weighted by molar-refractivity contribution is 0.528. The van der Waals surface area contributed by atoms with Crippen molar-refractivity contribution in [3.05, 3.63) is 60.2 Å².